The molecule has 2 rings (SSSR count). The normalized spacial score (nSPS) is 17.7. The lowest BCUT2D eigenvalue weighted by atomic mass is 9.83. The maximum Gasteiger partial charge on any atom is 0.178 e. The number of carbonyl (C=O) groups is 1. The first-order valence-electron chi connectivity index (χ1n) is 6.82. The highest BCUT2D eigenvalue weighted by molar-refractivity contribution is 9.10. The lowest BCUT2D eigenvalue weighted by Gasteiger charge is -2.22. The highest BCUT2D eigenvalue weighted by atomic mass is 79.9. The van der Waals surface area contributed by atoms with E-state index in [-0.39, 0.29) is 5.78 Å². The summed E-state index contributed by atoms with van der Waals surface area (Å²) < 4.78 is -0.473. The van der Waals surface area contributed by atoms with Crippen molar-refractivity contribution in [2.45, 2.75) is 56.2 Å². The molecule has 0 unspecified atom stereocenters. The van der Waals surface area contributed by atoms with E-state index in [2.05, 4.69) is 28.1 Å². The van der Waals surface area contributed by atoms with Crippen molar-refractivity contribution < 1.29 is 4.79 Å². The Kier molecular flexibility index (Phi) is 4.26. The molecule has 2 heteroatoms. The Balaban J connectivity index is 2.12. The number of hydrogen-bond acceptors (Lipinski definition) is 1. The Morgan fingerprint density at radius 2 is 1.67 bits per heavy atom. The molecule has 1 aromatic carbocycles. The van der Waals surface area contributed by atoms with Gasteiger partial charge in [0.25, 0.3) is 0 Å². The molecule has 0 aromatic heterocycles. The number of carbonyl (C=O) groups excluding carboxylic acids is 1. The van der Waals surface area contributed by atoms with Gasteiger partial charge in [-0.1, -0.05) is 59.5 Å². The molecule has 1 fully saturated rings. The van der Waals surface area contributed by atoms with E-state index in [0.29, 0.717) is 5.92 Å². The molecule has 0 N–H and O–H groups in total. The quantitative estimate of drug-likeness (QED) is 0.561. The van der Waals surface area contributed by atoms with E-state index in [9.17, 15) is 4.79 Å². The largest absolute Gasteiger partial charge is 0.293 e. The van der Waals surface area contributed by atoms with E-state index in [1.807, 2.05) is 26.0 Å². The van der Waals surface area contributed by atoms with Crippen LogP contribution in [0.25, 0.3) is 0 Å². The zero-order valence-corrected chi connectivity index (χ0v) is 12.8. The highest BCUT2D eigenvalue weighted by Crippen LogP contribution is 2.33. The van der Waals surface area contributed by atoms with Crippen molar-refractivity contribution in [3.63, 3.8) is 0 Å². The summed E-state index contributed by atoms with van der Waals surface area (Å²) in [4.78, 5) is 12.1. The molecule has 0 saturated heterocycles. The fourth-order valence-electron chi connectivity index (χ4n) is 2.69. The minimum atomic E-state index is -0.473. The summed E-state index contributed by atoms with van der Waals surface area (Å²) >= 11 is 3.43. The Bertz CT molecular complexity index is 408. The molecule has 0 amide bonds. The first kappa shape index (κ1) is 13.8. The van der Waals surface area contributed by atoms with Crippen molar-refractivity contribution in [3.05, 3.63) is 35.4 Å². The van der Waals surface area contributed by atoms with Gasteiger partial charge in [0, 0.05) is 5.56 Å². The average Bonchev–Trinajstić information content (AvgIpc) is 2.38. The first-order chi connectivity index (χ1) is 8.48. The van der Waals surface area contributed by atoms with Crippen LogP contribution < -0.4 is 0 Å². The molecule has 0 bridgehead atoms. The zero-order valence-electron chi connectivity index (χ0n) is 11.2. The topological polar surface area (TPSA) is 17.1 Å². The summed E-state index contributed by atoms with van der Waals surface area (Å²) in [5.41, 5.74) is 2.20. The van der Waals surface area contributed by atoms with Crippen LogP contribution in [0.1, 0.15) is 67.8 Å². The monoisotopic (exact) mass is 308 g/mol. The van der Waals surface area contributed by atoms with Gasteiger partial charge in [0.15, 0.2) is 5.78 Å². The summed E-state index contributed by atoms with van der Waals surface area (Å²) in [5, 5.41) is 0. The molecule has 1 aliphatic carbocycles. The number of alkyl halides is 1. The molecule has 0 spiro atoms. The summed E-state index contributed by atoms with van der Waals surface area (Å²) in [6.07, 6.45) is 6.68. The van der Waals surface area contributed by atoms with Crippen LogP contribution in [-0.4, -0.2) is 10.1 Å². The lowest BCUT2D eigenvalue weighted by molar-refractivity contribution is 0.0961. The van der Waals surface area contributed by atoms with E-state index < -0.39 is 4.32 Å². The Labute approximate surface area is 118 Å². The Morgan fingerprint density at radius 1 is 1.11 bits per heavy atom. The van der Waals surface area contributed by atoms with Gasteiger partial charge in [0.2, 0.25) is 0 Å². The number of Topliss-reactive ketones (excluding diaryl/α,β-unsaturated/α-hetero) is 1. The van der Waals surface area contributed by atoms with Crippen LogP contribution in [0.5, 0.6) is 0 Å². The third-order valence-electron chi connectivity index (χ3n) is 3.79. The number of halogens is 1. The van der Waals surface area contributed by atoms with Crippen molar-refractivity contribution in [2.75, 3.05) is 0 Å². The lowest BCUT2D eigenvalue weighted by Crippen LogP contribution is -2.23. The summed E-state index contributed by atoms with van der Waals surface area (Å²) in [5.74, 6) is 0.859. The summed E-state index contributed by atoms with van der Waals surface area (Å²) in [6.45, 7) is 3.79. The van der Waals surface area contributed by atoms with Crippen LogP contribution in [0, 0.1) is 0 Å². The van der Waals surface area contributed by atoms with Gasteiger partial charge >= 0.3 is 0 Å². The van der Waals surface area contributed by atoms with Crippen molar-refractivity contribution in [1.29, 1.82) is 0 Å². The molecule has 0 atom stereocenters. The summed E-state index contributed by atoms with van der Waals surface area (Å²) in [7, 11) is 0. The van der Waals surface area contributed by atoms with Gasteiger partial charge in [-0.15, -0.1) is 0 Å². The second-order valence-electron chi connectivity index (χ2n) is 5.76. The predicted octanol–water partition coefficient (Wildman–Crippen LogP) is 5.09. The van der Waals surface area contributed by atoms with Crippen molar-refractivity contribution in [2.24, 2.45) is 0 Å². The van der Waals surface area contributed by atoms with E-state index in [1.165, 1.54) is 37.7 Å². The van der Waals surface area contributed by atoms with Crippen molar-refractivity contribution in [3.8, 4) is 0 Å². The molecular formula is C16H21BrO. The average molecular weight is 309 g/mol. The molecular weight excluding hydrogens is 288 g/mol. The fourth-order valence-corrected chi connectivity index (χ4v) is 2.91. The molecule has 18 heavy (non-hydrogen) atoms. The van der Waals surface area contributed by atoms with E-state index >= 15 is 0 Å². The molecule has 1 aromatic rings. The number of ketones is 1. The fraction of sp³-hybridized carbons (Fsp3) is 0.562. The molecule has 1 saturated carbocycles. The van der Waals surface area contributed by atoms with Crippen LogP contribution in [0.15, 0.2) is 24.3 Å². The molecule has 1 nitrogen and oxygen atoms in total. The third-order valence-corrected chi connectivity index (χ3v) is 4.15. The van der Waals surface area contributed by atoms with Crippen LogP contribution in [0.4, 0.5) is 0 Å². The number of rotatable bonds is 3. The van der Waals surface area contributed by atoms with Gasteiger partial charge in [-0.3, -0.25) is 4.79 Å². The maximum absolute atomic E-state index is 12.1. The van der Waals surface area contributed by atoms with Crippen LogP contribution >= 0.6 is 15.9 Å². The summed E-state index contributed by atoms with van der Waals surface area (Å²) in [6, 6.07) is 8.24. The van der Waals surface area contributed by atoms with Crippen LogP contribution in [0.2, 0.25) is 0 Å². The zero-order chi connectivity index (χ0) is 13.2. The van der Waals surface area contributed by atoms with Gasteiger partial charge in [-0.2, -0.15) is 0 Å². The molecule has 0 aliphatic heterocycles. The van der Waals surface area contributed by atoms with E-state index in [4.69, 9.17) is 0 Å². The van der Waals surface area contributed by atoms with Gasteiger partial charge in [0.1, 0.15) is 0 Å². The van der Waals surface area contributed by atoms with Gasteiger partial charge in [-0.25, -0.2) is 0 Å². The van der Waals surface area contributed by atoms with E-state index in [1.54, 1.807) is 0 Å². The molecule has 98 valence electrons. The van der Waals surface area contributed by atoms with Gasteiger partial charge < -0.3 is 0 Å². The van der Waals surface area contributed by atoms with Crippen molar-refractivity contribution >= 4 is 21.7 Å². The molecule has 0 radical (unpaired) electrons. The van der Waals surface area contributed by atoms with E-state index in [0.717, 1.165) is 5.56 Å². The molecule has 1 aliphatic rings. The second-order valence-corrected chi connectivity index (χ2v) is 7.74. The second kappa shape index (κ2) is 5.56. The SMILES string of the molecule is CC(C)(Br)C(=O)c1ccc(C2CCCCC2)cc1. The Hall–Kier alpha value is -0.630. The van der Waals surface area contributed by atoms with Crippen LogP contribution in [0.3, 0.4) is 0 Å². The number of benzene rings is 1. The minimum absolute atomic E-state index is 0.151. The predicted molar refractivity (Wildman–Crippen MR) is 79.6 cm³/mol. The van der Waals surface area contributed by atoms with Crippen molar-refractivity contribution in [1.82, 2.24) is 0 Å². The van der Waals surface area contributed by atoms with Gasteiger partial charge in [0.05, 0.1) is 4.32 Å². The number of hydrogen-bond donors (Lipinski definition) is 0. The van der Waals surface area contributed by atoms with Gasteiger partial charge in [-0.05, 0) is 38.2 Å². The first-order valence-corrected chi connectivity index (χ1v) is 7.61. The third kappa shape index (κ3) is 3.23. The highest BCUT2D eigenvalue weighted by Gasteiger charge is 2.25. The maximum atomic E-state index is 12.1. The standard InChI is InChI=1S/C16H21BrO/c1-16(2,17)15(18)14-10-8-13(9-11-14)12-6-4-3-5-7-12/h8-12H,3-7H2,1-2H3. The van der Waals surface area contributed by atoms with Crippen LogP contribution in [-0.2, 0) is 0 Å². The smallest absolute Gasteiger partial charge is 0.178 e. The Morgan fingerprint density at radius 3 is 2.17 bits per heavy atom. The minimum Gasteiger partial charge on any atom is -0.293 e. The molecule has 0 heterocycles.